The van der Waals surface area contributed by atoms with Gasteiger partial charge in [0.2, 0.25) is 0 Å². The Morgan fingerprint density at radius 3 is 2.09 bits per heavy atom. The van der Waals surface area contributed by atoms with Gasteiger partial charge in [-0.2, -0.15) is 0 Å². The fraction of sp³-hybridized carbons (Fsp3) is 0.882. The number of ether oxygens (including phenoxy) is 1. The van der Waals surface area contributed by atoms with Crippen LogP contribution in [-0.4, -0.2) is 61.7 Å². The summed E-state index contributed by atoms with van der Waals surface area (Å²) in [6.07, 6.45) is 1.32. The smallest absolute Gasteiger partial charge is 0.307 e. The van der Waals surface area contributed by atoms with Crippen molar-refractivity contribution >= 4 is 11.9 Å². The van der Waals surface area contributed by atoms with Crippen LogP contribution < -0.4 is 10.6 Å². The van der Waals surface area contributed by atoms with Gasteiger partial charge in [-0.15, -0.1) is 0 Å². The number of nitrogens with zero attached hydrogens (tertiary/aromatic N) is 2. The van der Waals surface area contributed by atoms with E-state index in [1.54, 1.807) is 7.05 Å². The van der Waals surface area contributed by atoms with E-state index in [0.717, 1.165) is 25.5 Å². The van der Waals surface area contributed by atoms with Gasteiger partial charge in [0.1, 0.15) is 0 Å². The highest BCUT2D eigenvalue weighted by Crippen LogP contribution is 2.05. The van der Waals surface area contributed by atoms with E-state index < -0.39 is 0 Å². The average molecular weight is 329 g/mol. The van der Waals surface area contributed by atoms with E-state index in [4.69, 9.17) is 4.74 Å². The first-order chi connectivity index (χ1) is 10.8. The van der Waals surface area contributed by atoms with Crippen LogP contribution in [0.2, 0.25) is 0 Å². The van der Waals surface area contributed by atoms with E-state index in [1.807, 2.05) is 13.8 Å². The average Bonchev–Trinajstić information content (AvgIpc) is 2.43. The van der Waals surface area contributed by atoms with Crippen LogP contribution >= 0.6 is 0 Å². The molecule has 136 valence electrons. The van der Waals surface area contributed by atoms with Gasteiger partial charge in [0.05, 0.1) is 12.5 Å². The van der Waals surface area contributed by atoms with E-state index in [-0.39, 0.29) is 12.1 Å². The molecule has 0 unspecified atom stereocenters. The van der Waals surface area contributed by atoms with E-state index >= 15 is 0 Å². The van der Waals surface area contributed by atoms with E-state index in [2.05, 4.69) is 48.2 Å². The Morgan fingerprint density at radius 2 is 1.61 bits per heavy atom. The first kappa shape index (κ1) is 21.7. The maximum Gasteiger partial charge on any atom is 0.307 e. The van der Waals surface area contributed by atoms with Gasteiger partial charge in [-0.25, -0.2) is 0 Å². The molecule has 0 aromatic rings. The molecule has 0 rings (SSSR count). The molecule has 0 aromatic carbocycles. The second kappa shape index (κ2) is 12.2. The molecule has 0 atom stereocenters. The Bertz CT molecular complexity index is 347. The standard InChI is InChI=1S/C17H36N4O2/c1-13(2)21(14(3)4)12-8-10-19-17(18-7)20-11-9-16(22)23-15(5)6/h13-15H,8-12H2,1-7H3,(H2,18,19,20). The summed E-state index contributed by atoms with van der Waals surface area (Å²) in [6.45, 7) is 15.0. The zero-order chi connectivity index (χ0) is 17.8. The summed E-state index contributed by atoms with van der Waals surface area (Å²) in [5.41, 5.74) is 0. The maximum absolute atomic E-state index is 11.5. The molecular weight excluding hydrogens is 292 g/mol. The van der Waals surface area contributed by atoms with Crippen molar-refractivity contribution in [2.24, 2.45) is 4.99 Å². The predicted octanol–water partition coefficient (Wildman–Crippen LogP) is 2.00. The molecule has 0 saturated carbocycles. The van der Waals surface area contributed by atoms with Crippen LogP contribution in [0.1, 0.15) is 54.4 Å². The normalized spacial score (nSPS) is 12.4. The molecule has 0 aliphatic carbocycles. The summed E-state index contributed by atoms with van der Waals surface area (Å²) in [5, 5.41) is 6.41. The summed E-state index contributed by atoms with van der Waals surface area (Å²) >= 11 is 0. The molecule has 0 amide bonds. The minimum atomic E-state index is -0.188. The Labute approximate surface area is 142 Å². The van der Waals surface area contributed by atoms with Gasteiger partial charge in [-0.3, -0.25) is 14.7 Å². The van der Waals surface area contributed by atoms with Crippen molar-refractivity contribution in [1.29, 1.82) is 0 Å². The van der Waals surface area contributed by atoms with Crippen LogP contribution in [0.4, 0.5) is 0 Å². The van der Waals surface area contributed by atoms with Crippen molar-refractivity contribution in [3.05, 3.63) is 0 Å². The van der Waals surface area contributed by atoms with Crippen LogP contribution in [0.3, 0.4) is 0 Å². The molecule has 23 heavy (non-hydrogen) atoms. The van der Waals surface area contributed by atoms with Gasteiger partial charge >= 0.3 is 5.97 Å². The van der Waals surface area contributed by atoms with Crippen LogP contribution in [0, 0.1) is 0 Å². The van der Waals surface area contributed by atoms with Crippen molar-refractivity contribution in [3.63, 3.8) is 0 Å². The molecule has 0 aromatic heterocycles. The van der Waals surface area contributed by atoms with Crippen LogP contribution in [0.25, 0.3) is 0 Å². The van der Waals surface area contributed by atoms with Crippen molar-refractivity contribution in [2.45, 2.75) is 72.6 Å². The Morgan fingerprint density at radius 1 is 1.04 bits per heavy atom. The van der Waals surface area contributed by atoms with Gasteiger partial charge in [0, 0.05) is 38.8 Å². The van der Waals surface area contributed by atoms with Crippen molar-refractivity contribution in [3.8, 4) is 0 Å². The molecule has 0 heterocycles. The number of aliphatic imine (C=N–C) groups is 1. The first-order valence-corrected chi connectivity index (χ1v) is 8.67. The summed E-state index contributed by atoms with van der Waals surface area (Å²) in [6, 6.07) is 1.11. The summed E-state index contributed by atoms with van der Waals surface area (Å²) < 4.78 is 5.09. The molecule has 0 fully saturated rings. The molecule has 6 heteroatoms. The lowest BCUT2D eigenvalue weighted by Crippen LogP contribution is -2.41. The molecular formula is C17H36N4O2. The SMILES string of the molecule is CN=C(NCCCN(C(C)C)C(C)C)NCCC(=O)OC(C)C. The minimum absolute atomic E-state index is 0.0650. The lowest BCUT2D eigenvalue weighted by molar-refractivity contribution is -0.147. The van der Waals surface area contributed by atoms with Crippen LogP contribution in [-0.2, 0) is 9.53 Å². The Hall–Kier alpha value is -1.30. The van der Waals surface area contributed by atoms with Crippen molar-refractivity contribution in [1.82, 2.24) is 15.5 Å². The maximum atomic E-state index is 11.5. The van der Waals surface area contributed by atoms with Gasteiger partial charge < -0.3 is 15.4 Å². The number of hydrogen-bond donors (Lipinski definition) is 2. The molecule has 0 spiro atoms. The molecule has 0 aliphatic rings. The topological polar surface area (TPSA) is 66.0 Å². The molecule has 0 aliphatic heterocycles. The number of carbonyl (C=O) groups excluding carboxylic acids is 1. The van der Waals surface area contributed by atoms with Crippen LogP contribution in [0.15, 0.2) is 4.99 Å². The van der Waals surface area contributed by atoms with Gasteiger partial charge in [0.25, 0.3) is 0 Å². The third kappa shape index (κ3) is 11.0. The monoisotopic (exact) mass is 328 g/mol. The number of carbonyl (C=O) groups is 1. The summed E-state index contributed by atoms with van der Waals surface area (Å²) in [7, 11) is 1.73. The number of hydrogen-bond acceptors (Lipinski definition) is 4. The molecule has 0 bridgehead atoms. The quantitative estimate of drug-likeness (QED) is 0.278. The lowest BCUT2D eigenvalue weighted by atomic mass is 10.2. The molecule has 0 saturated heterocycles. The van der Waals surface area contributed by atoms with Gasteiger partial charge in [-0.05, 0) is 48.0 Å². The lowest BCUT2D eigenvalue weighted by Gasteiger charge is -2.30. The molecule has 0 radical (unpaired) electrons. The minimum Gasteiger partial charge on any atom is -0.463 e. The zero-order valence-electron chi connectivity index (χ0n) is 16.0. The second-order valence-electron chi connectivity index (χ2n) is 6.49. The summed E-state index contributed by atoms with van der Waals surface area (Å²) in [4.78, 5) is 18.1. The summed E-state index contributed by atoms with van der Waals surface area (Å²) in [5.74, 6) is 0.537. The van der Waals surface area contributed by atoms with Gasteiger partial charge in [0.15, 0.2) is 5.96 Å². The molecule has 2 N–H and O–H groups in total. The third-order valence-corrected chi connectivity index (χ3v) is 3.42. The fourth-order valence-corrected chi connectivity index (χ4v) is 2.41. The number of esters is 1. The fourth-order valence-electron chi connectivity index (χ4n) is 2.41. The predicted molar refractivity (Wildman–Crippen MR) is 96.8 cm³/mol. The number of nitrogens with one attached hydrogen (secondary N) is 2. The zero-order valence-corrected chi connectivity index (χ0v) is 16.0. The highest BCUT2D eigenvalue weighted by atomic mass is 16.5. The Balaban J connectivity index is 3.93. The molecule has 6 nitrogen and oxygen atoms in total. The van der Waals surface area contributed by atoms with Crippen LogP contribution in [0.5, 0.6) is 0 Å². The first-order valence-electron chi connectivity index (χ1n) is 8.67. The van der Waals surface area contributed by atoms with Crippen molar-refractivity contribution in [2.75, 3.05) is 26.7 Å². The van der Waals surface area contributed by atoms with Crippen molar-refractivity contribution < 1.29 is 9.53 Å². The van der Waals surface area contributed by atoms with E-state index in [0.29, 0.717) is 25.0 Å². The highest BCUT2D eigenvalue weighted by molar-refractivity contribution is 5.80. The largest absolute Gasteiger partial charge is 0.463 e. The van der Waals surface area contributed by atoms with E-state index in [9.17, 15) is 4.79 Å². The van der Waals surface area contributed by atoms with Gasteiger partial charge in [-0.1, -0.05) is 0 Å². The number of guanidine groups is 1. The Kier molecular flexibility index (Phi) is 11.5. The second-order valence-corrected chi connectivity index (χ2v) is 6.49. The van der Waals surface area contributed by atoms with E-state index in [1.165, 1.54) is 0 Å². The number of rotatable bonds is 10. The highest BCUT2D eigenvalue weighted by Gasteiger charge is 2.12. The third-order valence-electron chi connectivity index (χ3n) is 3.42.